The highest BCUT2D eigenvalue weighted by atomic mass is 35.5. The van der Waals surface area contributed by atoms with E-state index < -0.39 is 22.6 Å². The van der Waals surface area contributed by atoms with Crippen LogP contribution in [-0.2, 0) is 30.8 Å². The Morgan fingerprint density at radius 2 is 1.76 bits per heavy atom. The SMILES string of the molecule is O=C(CCNS(=O)(=O)c1c(Cl)cccc1Cl)OCC(=O)N1CCc2ccccc21. The number of hydrogen-bond acceptors (Lipinski definition) is 5. The van der Waals surface area contributed by atoms with Gasteiger partial charge in [-0.2, -0.15) is 0 Å². The molecule has 2 aromatic carbocycles. The Hall–Kier alpha value is -2.13. The minimum absolute atomic E-state index is 0.0240. The van der Waals surface area contributed by atoms with E-state index in [4.69, 9.17) is 27.9 Å². The number of ether oxygens (including phenoxy) is 1. The summed E-state index contributed by atoms with van der Waals surface area (Å²) in [5, 5.41) is -0.0480. The monoisotopic (exact) mass is 456 g/mol. The molecule has 0 saturated carbocycles. The lowest BCUT2D eigenvalue weighted by Crippen LogP contribution is -2.33. The molecular weight excluding hydrogens is 439 g/mol. The number of sulfonamides is 1. The summed E-state index contributed by atoms with van der Waals surface area (Å²) in [7, 11) is -3.99. The first-order valence-corrected chi connectivity index (χ1v) is 11.0. The van der Waals surface area contributed by atoms with Gasteiger partial charge in [0.25, 0.3) is 5.91 Å². The van der Waals surface area contributed by atoms with Crippen molar-refractivity contribution < 1.29 is 22.7 Å². The van der Waals surface area contributed by atoms with Crippen molar-refractivity contribution >= 4 is 50.8 Å². The average Bonchev–Trinajstić information content (AvgIpc) is 3.10. The molecule has 0 aromatic heterocycles. The van der Waals surface area contributed by atoms with Crippen LogP contribution in [0.25, 0.3) is 0 Å². The van der Waals surface area contributed by atoms with E-state index in [2.05, 4.69) is 4.72 Å². The number of rotatable bonds is 7. The van der Waals surface area contributed by atoms with Crippen molar-refractivity contribution in [2.45, 2.75) is 17.7 Å². The maximum absolute atomic E-state index is 12.3. The maximum Gasteiger partial charge on any atom is 0.307 e. The summed E-state index contributed by atoms with van der Waals surface area (Å²) < 4.78 is 31.9. The molecule has 2 aromatic rings. The van der Waals surface area contributed by atoms with Crippen LogP contribution in [0.15, 0.2) is 47.4 Å². The van der Waals surface area contributed by atoms with Crippen LogP contribution in [0.3, 0.4) is 0 Å². The van der Waals surface area contributed by atoms with Gasteiger partial charge in [0.1, 0.15) is 4.90 Å². The molecule has 0 bridgehead atoms. The number of fused-ring (bicyclic) bond motifs is 1. The Kier molecular flexibility index (Phi) is 6.79. The van der Waals surface area contributed by atoms with Crippen LogP contribution in [0.4, 0.5) is 5.69 Å². The molecule has 0 fully saturated rings. The lowest BCUT2D eigenvalue weighted by Gasteiger charge is -2.17. The highest BCUT2D eigenvalue weighted by molar-refractivity contribution is 7.89. The summed E-state index contributed by atoms with van der Waals surface area (Å²) in [6.45, 7) is -0.0894. The van der Waals surface area contributed by atoms with Crippen molar-refractivity contribution in [3.63, 3.8) is 0 Å². The summed E-state index contributed by atoms with van der Waals surface area (Å²) >= 11 is 11.8. The molecule has 1 N–H and O–H groups in total. The van der Waals surface area contributed by atoms with Gasteiger partial charge >= 0.3 is 5.97 Å². The number of nitrogens with zero attached hydrogens (tertiary/aromatic N) is 1. The first-order valence-electron chi connectivity index (χ1n) is 8.77. The Morgan fingerprint density at radius 1 is 1.07 bits per heavy atom. The van der Waals surface area contributed by atoms with E-state index in [1.165, 1.54) is 18.2 Å². The fourth-order valence-corrected chi connectivity index (χ4v) is 5.16. The summed E-state index contributed by atoms with van der Waals surface area (Å²) in [5.41, 5.74) is 1.89. The zero-order chi connectivity index (χ0) is 21.0. The lowest BCUT2D eigenvalue weighted by molar-refractivity contribution is -0.147. The Bertz CT molecular complexity index is 1020. The van der Waals surface area contributed by atoms with Gasteiger partial charge in [0.2, 0.25) is 10.0 Å². The van der Waals surface area contributed by atoms with Crippen LogP contribution in [0.2, 0.25) is 10.0 Å². The standard InChI is InChI=1S/C19H18Cl2N2O5S/c20-14-5-3-6-15(21)19(14)29(26,27)22-10-8-18(25)28-12-17(24)23-11-9-13-4-1-2-7-16(13)23/h1-7,22H,8-12H2. The summed E-state index contributed by atoms with van der Waals surface area (Å²) in [6.07, 6.45) is 0.507. The first-order chi connectivity index (χ1) is 13.8. The van der Waals surface area contributed by atoms with Gasteiger partial charge in [0.05, 0.1) is 16.5 Å². The number of esters is 1. The third-order valence-electron chi connectivity index (χ3n) is 4.35. The smallest absolute Gasteiger partial charge is 0.307 e. The molecule has 0 atom stereocenters. The second-order valence-electron chi connectivity index (χ2n) is 6.28. The second kappa shape index (κ2) is 9.13. The van der Waals surface area contributed by atoms with Gasteiger partial charge in [0, 0.05) is 18.8 Å². The third kappa shape index (κ3) is 5.08. The van der Waals surface area contributed by atoms with E-state index in [1.807, 2.05) is 24.3 Å². The number of amides is 1. The Balaban J connectivity index is 1.48. The molecule has 29 heavy (non-hydrogen) atoms. The molecule has 3 rings (SSSR count). The molecule has 1 aliphatic rings. The van der Waals surface area contributed by atoms with Crippen molar-refractivity contribution in [1.29, 1.82) is 0 Å². The number of carbonyl (C=O) groups is 2. The van der Waals surface area contributed by atoms with Crippen molar-refractivity contribution in [3.8, 4) is 0 Å². The fourth-order valence-electron chi connectivity index (χ4n) is 2.99. The van der Waals surface area contributed by atoms with Crippen molar-refractivity contribution in [2.24, 2.45) is 0 Å². The second-order valence-corrected chi connectivity index (χ2v) is 8.80. The highest BCUT2D eigenvalue weighted by Gasteiger charge is 2.25. The minimum Gasteiger partial charge on any atom is -0.456 e. The predicted octanol–water partition coefficient (Wildman–Crippen LogP) is 2.79. The van der Waals surface area contributed by atoms with E-state index >= 15 is 0 Å². The largest absolute Gasteiger partial charge is 0.456 e. The summed E-state index contributed by atoms with van der Waals surface area (Å²) in [6, 6.07) is 11.9. The number of nitrogens with one attached hydrogen (secondary N) is 1. The molecule has 0 radical (unpaired) electrons. The molecule has 10 heteroatoms. The van der Waals surface area contributed by atoms with Gasteiger partial charge in [-0.05, 0) is 30.2 Å². The number of anilines is 1. The van der Waals surface area contributed by atoms with Crippen LogP contribution in [-0.4, -0.2) is 40.0 Å². The fraction of sp³-hybridized carbons (Fsp3) is 0.263. The van der Waals surface area contributed by atoms with Crippen LogP contribution < -0.4 is 9.62 Å². The van der Waals surface area contributed by atoms with Crippen molar-refractivity contribution in [2.75, 3.05) is 24.6 Å². The van der Waals surface area contributed by atoms with Crippen LogP contribution in [0.5, 0.6) is 0 Å². The van der Waals surface area contributed by atoms with Crippen LogP contribution >= 0.6 is 23.2 Å². The minimum atomic E-state index is -3.99. The summed E-state index contributed by atoms with van der Waals surface area (Å²) in [4.78, 5) is 25.5. The molecule has 7 nitrogen and oxygen atoms in total. The molecule has 0 unspecified atom stereocenters. The number of hydrogen-bond donors (Lipinski definition) is 1. The van der Waals surface area contributed by atoms with E-state index in [0.717, 1.165) is 17.7 Å². The lowest BCUT2D eigenvalue weighted by atomic mass is 10.2. The maximum atomic E-state index is 12.3. The number of halogens is 2. The van der Waals surface area contributed by atoms with Crippen LogP contribution in [0.1, 0.15) is 12.0 Å². The topological polar surface area (TPSA) is 92.8 Å². The van der Waals surface area contributed by atoms with E-state index in [-0.39, 0.29) is 33.8 Å². The quantitative estimate of drug-likeness (QED) is 0.646. The van der Waals surface area contributed by atoms with Crippen LogP contribution in [0, 0.1) is 0 Å². The number of carbonyl (C=O) groups excluding carboxylic acids is 2. The van der Waals surface area contributed by atoms with Gasteiger partial charge in [-0.15, -0.1) is 0 Å². The van der Waals surface area contributed by atoms with Crippen molar-refractivity contribution in [1.82, 2.24) is 4.72 Å². The van der Waals surface area contributed by atoms with E-state index in [0.29, 0.717) is 6.54 Å². The van der Waals surface area contributed by atoms with Gasteiger partial charge in [0.15, 0.2) is 6.61 Å². The first kappa shape index (κ1) is 21.6. The van der Waals surface area contributed by atoms with E-state index in [1.54, 1.807) is 4.90 Å². The molecule has 1 amide bonds. The third-order valence-corrected chi connectivity index (χ3v) is 6.77. The van der Waals surface area contributed by atoms with Gasteiger partial charge in [-0.3, -0.25) is 9.59 Å². The zero-order valence-electron chi connectivity index (χ0n) is 15.2. The Morgan fingerprint density at radius 3 is 2.48 bits per heavy atom. The molecular formula is C19H18Cl2N2O5S. The highest BCUT2D eigenvalue weighted by Crippen LogP contribution is 2.29. The molecule has 0 spiro atoms. The molecule has 1 heterocycles. The van der Waals surface area contributed by atoms with Gasteiger partial charge < -0.3 is 9.64 Å². The molecule has 0 aliphatic carbocycles. The average molecular weight is 457 g/mol. The number of para-hydroxylation sites is 1. The molecule has 154 valence electrons. The normalized spacial score (nSPS) is 13.2. The zero-order valence-corrected chi connectivity index (χ0v) is 17.6. The van der Waals surface area contributed by atoms with Crippen molar-refractivity contribution in [3.05, 3.63) is 58.1 Å². The van der Waals surface area contributed by atoms with Gasteiger partial charge in [-0.1, -0.05) is 47.5 Å². The molecule has 1 aliphatic heterocycles. The number of benzene rings is 2. The van der Waals surface area contributed by atoms with Gasteiger partial charge in [-0.25, -0.2) is 13.1 Å². The predicted molar refractivity (Wildman–Crippen MR) is 110 cm³/mol. The van der Waals surface area contributed by atoms with E-state index in [9.17, 15) is 18.0 Å². The molecule has 0 saturated heterocycles. The summed E-state index contributed by atoms with van der Waals surface area (Å²) in [5.74, 6) is -1.02. The Labute approximate surface area is 178 Å².